The Kier molecular flexibility index (Phi) is 4.37. The minimum absolute atomic E-state index is 0.256. The monoisotopic (exact) mass is 237 g/mol. The summed E-state index contributed by atoms with van der Waals surface area (Å²) in [5.74, 6) is 0.785. The van der Waals surface area contributed by atoms with E-state index in [0.29, 0.717) is 0 Å². The van der Waals surface area contributed by atoms with Crippen LogP contribution in [0.5, 0.6) is 5.75 Å². The van der Waals surface area contributed by atoms with Gasteiger partial charge in [-0.15, -0.1) is 0 Å². The van der Waals surface area contributed by atoms with Crippen LogP contribution in [0, 0.1) is 0 Å². The Balaban J connectivity index is 2.42. The highest BCUT2D eigenvalue weighted by Crippen LogP contribution is 2.12. The Hall–Kier alpha value is -1.71. The molecule has 1 amide bonds. The quantitative estimate of drug-likeness (QED) is 0.879. The summed E-state index contributed by atoms with van der Waals surface area (Å²) in [6, 6.07) is 7.40. The van der Waals surface area contributed by atoms with Gasteiger partial charge >= 0.3 is 6.09 Å². The molecule has 0 aromatic heterocycles. The van der Waals surface area contributed by atoms with Crippen LogP contribution in [0.1, 0.15) is 26.3 Å². The molecule has 1 N–H and O–H groups in total. The summed E-state index contributed by atoms with van der Waals surface area (Å²) < 4.78 is 10.1. The number of carbonyl (C=O) groups excluding carboxylic acids is 1. The van der Waals surface area contributed by atoms with Gasteiger partial charge in [0.05, 0.1) is 7.11 Å². The van der Waals surface area contributed by atoms with E-state index in [9.17, 15) is 4.79 Å². The molecule has 0 atom stereocenters. The molecule has 1 aromatic carbocycles. The summed E-state index contributed by atoms with van der Waals surface area (Å²) in [6.45, 7) is 5.97. The first-order chi connectivity index (χ1) is 7.90. The van der Waals surface area contributed by atoms with Gasteiger partial charge in [-0.2, -0.15) is 0 Å². The van der Waals surface area contributed by atoms with Gasteiger partial charge in [0, 0.05) is 5.54 Å². The molecule has 0 bridgehead atoms. The fourth-order valence-electron chi connectivity index (χ4n) is 1.21. The van der Waals surface area contributed by atoms with E-state index < -0.39 is 6.09 Å². The number of methoxy groups -OCH3 is 1. The maximum absolute atomic E-state index is 11.4. The van der Waals surface area contributed by atoms with Gasteiger partial charge in [0.1, 0.15) is 12.4 Å². The lowest BCUT2D eigenvalue weighted by molar-refractivity contribution is 0.131. The van der Waals surface area contributed by atoms with Crippen LogP contribution in [-0.2, 0) is 11.3 Å². The summed E-state index contributed by atoms with van der Waals surface area (Å²) in [7, 11) is 1.61. The van der Waals surface area contributed by atoms with Gasteiger partial charge in [0.15, 0.2) is 0 Å². The standard InChI is InChI=1S/C13H19NO3/c1-13(2,3)14-12(15)17-9-10-5-7-11(16-4)8-6-10/h5-8H,9H2,1-4H3,(H,14,15). The van der Waals surface area contributed by atoms with Crippen LogP contribution in [0.15, 0.2) is 24.3 Å². The Morgan fingerprint density at radius 3 is 2.29 bits per heavy atom. The average Bonchev–Trinajstić information content (AvgIpc) is 2.25. The second-order valence-corrected chi connectivity index (χ2v) is 4.80. The van der Waals surface area contributed by atoms with Crippen LogP contribution in [0.2, 0.25) is 0 Å². The number of rotatable bonds is 3. The zero-order chi connectivity index (χ0) is 12.9. The van der Waals surface area contributed by atoms with Crippen molar-refractivity contribution in [2.45, 2.75) is 32.9 Å². The summed E-state index contributed by atoms with van der Waals surface area (Å²) in [6.07, 6.45) is -0.409. The van der Waals surface area contributed by atoms with Gasteiger partial charge in [0.25, 0.3) is 0 Å². The molecule has 0 saturated heterocycles. The molecule has 1 rings (SSSR count). The van der Waals surface area contributed by atoms with Crippen molar-refractivity contribution in [2.24, 2.45) is 0 Å². The van der Waals surface area contributed by atoms with Crippen LogP contribution >= 0.6 is 0 Å². The van der Waals surface area contributed by atoms with E-state index in [-0.39, 0.29) is 12.1 Å². The fourth-order valence-corrected chi connectivity index (χ4v) is 1.21. The van der Waals surface area contributed by atoms with E-state index >= 15 is 0 Å². The van der Waals surface area contributed by atoms with Crippen LogP contribution in [0.3, 0.4) is 0 Å². The van der Waals surface area contributed by atoms with Gasteiger partial charge in [0.2, 0.25) is 0 Å². The van der Waals surface area contributed by atoms with Crippen molar-refractivity contribution in [3.8, 4) is 5.75 Å². The second kappa shape index (κ2) is 5.57. The number of hydrogen-bond donors (Lipinski definition) is 1. The number of ether oxygens (including phenoxy) is 2. The SMILES string of the molecule is COc1ccc(COC(=O)NC(C)(C)C)cc1. The molecule has 4 nitrogen and oxygen atoms in total. The first-order valence-electron chi connectivity index (χ1n) is 5.48. The Morgan fingerprint density at radius 2 is 1.82 bits per heavy atom. The molecule has 4 heteroatoms. The van der Waals surface area contributed by atoms with Crippen LogP contribution in [-0.4, -0.2) is 18.7 Å². The molecule has 0 heterocycles. The van der Waals surface area contributed by atoms with Gasteiger partial charge in [-0.25, -0.2) is 4.79 Å². The van der Waals surface area contributed by atoms with Crippen LogP contribution < -0.4 is 10.1 Å². The number of hydrogen-bond acceptors (Lipinski definition) is 3. The number of amides is 1. The van der Waals surface area contributed by atoms with Gasteiger partial charge in [-0.1, -0.05) is 12.1 Å². The number of benzene rings is 1. The molecular weight excluding hydrogens is 218 g/mol. The van der Waals surface area contributed by atoms with E-state index in [2.05, 4.69) is 5.32 Å². The van der Waals surface area contributed by atoms with Crippen LogP contribution in [0.25, 0.3) is 0 Å². The second-order valence-electron chi connectivity index (χ2n) is 4.80. The van der Waals surface area contributed by atoms with Crippen molar-refractivity contribution < 1.29 is 14.3 Å². The summed E-state index contributed by atoms with van der Waals surface area (Å²) in [5, 5.41) is 2.73. The third-order valence-electron chi connectivity index (χ3n) is 2.01. The molecule has 17 heavy (non-hydrogen) atoms. The van der Waals surface area contributed by atoms with E-state index in [1.807, 2.05) is 45.0 Å². The lowest BCUT2D eigenvalue weighted by atomic mass is 10.1. The first-order valence-corrected chi connectivity index (χ1v) is 5.48. The molecule has 0 aliphatic rings. The molecule has 0 fully saturated rings. The number of alkyl carbamates (subject to hydrolysis) is 1. The Morgan fingerprint density at radius 1 is 1.24 bits per heavy atom. The normalized spacial score (nSPS) is 10.8. The maximum Gasteiger partial charge on any atom is 0.407 e. The van der Waals surface area contributed by atoms with E-state index in [1.54, 1.807) is 7.11 Å². The highest BCUT2D eigenvalue weighted by Gasteiger charge is 2.14. The van der Waals surface area contributed by atoms with Crippen molar-refractivity contribution in [1.29, 1.82) is 0 Å². The summed E-state index contributed by atoms with van der Waals surface area (Å²) in [5.41, 5.74) is 0.645. The molecule has 0 aliphatic carbocycles. The zero-order valence-corrected chi connectivity index (χ0v) is 10.7. The molecule has 0 saturated carbocycles. The van der Waals surface area contributed by atoms with Crippen molar-refractivity contribution >= 4 is 6.09 Å². The molecule has 1 aromatic rings. The zero-order valence-electron chi connectivity index (χ0n) is 10.7. The third-order valence-corrected chi connectivity index (χ3v) is 2.01. The van der Waals surface area contributed by atoms with Gasteiger partial charge in [-0.05, 0) is 38.5 Å². The lowest BCUT2D eigenvalue weighted by Crippen LogP contribution is -2.40. The fraction of sp³-hybridized carbons (Fsp3) is 0.462. The predicted octanol–water partition coefficient (Wildman–Crippen LogP) is 2.72. The third kappa shape index (κ3) is 5.24. The molecule has 0 spiro atoms. The highest BCUT2D eigenvalue weighted by atomic mass is 16.5. The van der Waals surface area contributed by atoms with E-state index in [1.165, 1.54) is 0 Å². The minimum atomic E-state index is -0.409. The lowest BCUT2D eigenvalue weighted by Gasteiger charge is -2.19. The van der Waals surface area contributed by atoms with Crippen molar-refractivity contribution in [1.82, 2.24) is 5.32 Å². The van der Waals surface area contributed by atoms with Crippen molar-refractivity contribution in [3.63, 3.8) is 0 Å². The van der Waals surface area contributed by atoms with E-state index in [0.717, 1.165) is 11.3 Å². The summed E-state index contributed by atoms with van der Waals surface area (Å²) in [4.78, 5) is 11.4. The van der Waals surface area contributed by atoms with E-state index in [4.69, 9.17) is 9.47 Å². The van der Waals surface area contributed by atoms with Crippen molar-refractivity contribution in [3.05, 3.63) is 29.8 Å². The van der Waals surface area contributed by atoms with Crippen LogP contribution in [0.4, 0.5) is 4.79 Å². The smallest absolute Gasteiger partial charge is 0.407 e. The van der Waals surface area contributed by atoms with Gasteiger partial charge < -0.3 is 14.8 Å². The number of carbonyl (C=O) groups is 1. The molecule has 94 valence electrons. The molecular formula is C13H19NO3. The first kappa shape index (κ1) is 13.4. The highest BCUT2D eigenvalue weighted by molar-refractivity contribution is 5.68. The molecule has 0 aliphatic heterocycles. The minimum Gasteiger partial charge on any atom is -0.497 e. The maximum atomic E-state index is 11.4. The average molecular weight is 237 g/mol. The largest absolute Gasteiger partial charge is 0.497 e. The predicted molar refractivity (Wildman–Crippen MR) is 66.1 cm³/mol. The Bertz CT molecular complexity index is 365. The van der Waals surface area contributed by atoms with Crippen molar-refractivity contribution in [2.75, 3.05) is 7.11 Å². The topological polar surface area (TPSA) is 47.6 Å². The number of nitrogens with one attached hydrogen (secondary N) is 1. The summed E-state index contributed by atoms with van der Waals surface area (Å²) >= 11 is 0. The molecule has 0 unspecified atom stereocenters. The molecule has 0 radical (unpaired) electrons. The van der Waals surface area contributed by atoms with Gasteiger partial charge in [-0.3, -0.25) is 0 Å². The Labute approximate surface area is 102 Å².